The summed E-state index contributed by atoms with van der Waals surface area (Å²) in [6.45, 7) is 6.67. The van der Waals surface area contributed by atoms with Crippen molar-refractivity contribution in [1.82, 2.24) is 14.5 Å². The lowest BCUT2D eigenvalue weighted by Gasteiger charge is -2.32. The minimum absolute atomic E-state index is 0.196. The number of amides is 1. The fourth-order valence-corrected chi connectivity index (χ4v) is 2.44. The molecule has 1 N–H and O–H groups in total. The SMILES string of the molecule is CCNc1nccn1C1CCN(C(=O)OCC)CC1. The number of hydrogen-bond donors (Lipinski definition) is 1. The topological polar surface area (TPSA) is 59.4 Å². The summed E-state index contributed by atoms with van der Waals surface area (Å²) in [4.78, 5) is 17.7. The van der Waals surface area contributed by atoms with Crippen LogP contribution in [0.3, 0.4) is 0 Å². The third-order valence-corrected chi connectivity index (χ3v) is 3.39. The highest BCUT2D eigenvalue weighted by molar-refractivity contribution is 5.67. The van der Waals surface area contributed by atoms with Gasteiger partial charge in [0.1, 0.15) is 0 Å². The molecule has 0 spiro atoms. The number of likely N-dealkylation sites (tertiary alicyclic amines) is 1. The van der Waals surface area contributed by atoms with Crippen molar-refractivity contribution >= 4 is 12.0 Å². The molecule has 1 fully saturated rings. The fourth-order valence-electron chi connectivity index (χ4n) is 2.44. The van der Waals surface area contributed by atoms with Gasteiger partial charge in [-0.1, -0.05) is 0 Å². The number of aromatic nitrogens is 2. The first-order valence-electron chi connectivity index (χ1n) is 6.94. The van der Waals surface area contributed by atoms with Gasteiger partial charge >= 0.3 is 6.09 Å². The molecule has 0 atom stereocenters. The van der Waals surface area contributed by atoms with E-state index in [0.29, 0.717) is 12.6 Å². The van der Waals surface area contributed by atoms with Crippen LogP contribution in [-0.2, 0) is 4.74 Å². The Hall–Kier alpha value is -1.72. The Morgan fingerprint density at radius 1 is 1.47 bits per heavy atom. The number of carbonyl (C=O) groups is 1. The van der Waals surface area contributed by atoms with Gasteiger partial charge in [-0.25, -0.2) is 9.78 Å². The van der Waals surface area contributed by atoms with Crippen molar-refractivity contribution in [2.75, 3.05) is 31.6 Å². The van der Waals surface area contributed by atoms with Gasteiger partial charge in [0.2, 0.25) is 5.95 Å². The molecule has 19 heavy (non-hydrogen) atoms. The number of hydrogen-bond acceptors (Lipinski definition) is 4. The monoisotopic (exact) mass is 266 g/mol. The molecule has 0 bridgehead atoms. The van der Waals surface area contributed by atoms with Crippen molar-refractivity contribution in [2.45, 2.75) is 32.7 Å². The molecular formula is C13H22N4O2. The highest BCUT2D eigenvalue weighted by Gasteiger charge is 2.25. The van der Waals surface area contributed by atoms with E-state index < -0.39 is 0 Å². The summed E-state index contributed by atoms with van der Waals surface area (Å²) in [6.07, 6.45) is 5.50. The highest BCUT2D eigenvalue weighted by atomic mass is 16.6. The lowest BCUT2D eigenvalue weighted by molar-refractivity contribution is 0.0928. The minimum Gasteiger partial charge on any atom is -0.450 e. The van der Waals surface area contributed by atoms with Crippen LogP contribution < -0.4 is 5.32 Å². The van der Waals surface area contributed by atoms with Gasteiger partial charge in [-0.2, -0.15) is 0 Å². The molecule has 1 aromatic rings. The second-order valence-electron chi connectivity index (χ2n) is 4.61. The van der Waals surface area contributed by atoms with Gasteiger partial charge in [-0.15, -0.1) is 0 Å². The van der Waals surface area contributed by atoms with E-state index in [1.165, 1.54) is 0 Å². The molecule has 1 aliphatic rings. The summed E-state index contributed by atoms with van der Waals surface area (Å²) in [6, 6.07) is 0.405. The first-order chi connectivity index (χ1) is 9.26. The van der Waals surface area contributed by atoms with Crippen LogP contribution in [0.4, 0.5) is 10.7 Å². The lowest BCUT2D eigenvalue weighted by atomic mass is 10.1. The van der Waals surface area contributed by atoms with Crippen molar-refractivity contribution in [3.05, 3.63) is 12.4 Å². The molecule has 0 radical (unpaired) electrons. The van der Waals surface area contributed by atoms with E-state index in [1.807, 2.05) is 19.3 Å². The Kier molecular flexibility index (Phi) is 4.65. The van der Waals surface area contributed by atoms with E-state index in [0.717, 1.165) is 38.4 Å². The number of nitrogens with zero attached hydrogens (tertiary/aromatic N) is 3. The molecule has 1 saturated heterocycles. The highest BCUT2D eigenvalue weighted by Crippen LogP contribution is 2.25. The number of piperidine rings is 1. The molecule has 0 unspecified atom stereocenters. The molecular weight excluding hydrogens is 244 g/mol. The van der Waals surface area contributed by atoms with Crippen molar-refractivity contribution < 1.29 is 9.53 Å². The van der Waals surface area contributed by atoms with Gasteiger partial charge in [0, 0.05) is 38.1 Å². The predicted molar refractivity (Wildman–Crippen MR) is 73.3 cm³/mol. The predicted octanol–water partition coefficient (Wildman–Crippen LogP) is 2.11. The molecule has 0 aliphatic carbocycles. The van der Waals surface area contributed by atoms with Gasteiger partial charge in [0.15, 0.2) is 0 Å². The second-order valence-corrected chi connectivity index (χ2v) is 4.61. The summed E-state index contributed by atoms with van der Waals surface area (Å²) in [7, 11) is 0. The Morgan fingerprint density at radius 2 is 2.21 bits per heavy atom. The zero-order valence-electron chi connectivity index (χ0n) is 11.6. The maximum Gasteiger partial charge on any atom is 0.409 e. The number of imidazole rings is 1. The normalized spacial score (nSPS) is 16.4. The molecule has 6 nitrogen and oxygen atoms in total. The summed E-state index contributed by atoms with van der Waals surface area (Å²) in [5.74, 6) is 0.914. The number of carbonyl (C=O) groups excluding carboxylic acids is 1. The van der Waals surface area contributed by atoms with Gasteiger partial charge in [-0.3, -0.25) is 0 Å². The standard InChI is InChI=1S/C13H22N4O2/c1-3-14-12-15-7-10-17(12)11-5-8-16(9-6-11)13(18)19-4-2/h7,10-11H,3-6,8-9H2,1-2H3,(H,14,15). The summed E-state index contributed by atoms with van der Waals surface area (Å²) >= 11 is 0. The van der Waals surface area contributed by atoms with E-state index in [1.54, 1.807) is 4.90 Å². The van der Waals surface area contributed by atoms with Crippen LogP contribution in [0.2, 0.25) is 0 Å². The smallest absolute Gasteiger partial charge is 0.409 e. The maximum atomic E-state index is 11.6. The van der Waals surface area contributed by atoms with Crippen LogP contribution in [0.15, 0.2) is 12.4 Å². The van der Waals surface area contributed by atoms with Crippen molar-refractivity contribution in [2.24, 2.45) is 0 Å². The molecule has 0 saturated carbocycles. The lowest BCUT2D eigenvalue weighted by Crippen LogP contribution is -2.39. The van der Waals surface area contributed by atoms with Crippen LogP contribution in [0, 0.1) is 0 Å². The van der Waals surface area contributed by atoms with Gasteiger partial charge in [0.25, 0.3) is 0 Å². The van der Waals surface area contributed by atoms with Crippen LogP contribution in [0.25, 0.3) is 0 Å². The summed E-state index contributed by atoms with van der Waals surface area (Å²) in [5.41, 5.74) is 0. The number of ether oxygens (including phenoxy) is 1. The molecule has 1 amide bonds. The van der Waals surface area contributed by atoms with Crippen molar-refractivity contribution in [3.63, 3.8) is 0 Å². The number of nitrogens with one attached hydrogen (secondary N) is 1. The third kappa shape index (κ3) is 3.19. The Morgan fingerprint density at radius 3 is 2.84 bits per heavy atom. The van der Waals surface area contributed by atoms with E-state index in [2.05, 4.69) is 21.8 Å². The van der Waals surface area contributed by atoms with Crippen molar-refractivity contribution in [1.29, 1.82) is 0 Å². The quantitative estimate of drug-likeness (QED) is 0.906. The molecule has 2 rings (SSSR count). The van der Waals surface area contributed by atoms with E-state index in [4.69, 9.17) is 4.74 Å². The first kappa shape index (κ1) is 13.7. The largest absolute Gasteiger partial charge is 0.450 e. The molecule has 1 aliphatic heterocycles. The second kappa shape index (κ2) is 6.45. The Labute approximate surface area is 113 Å². The summed E-state index contributed by atoms with van der Waals surface area (Å²) in [5, 5.41) is 3.25. The minimum atomic E-state index is -0.196. The third-order valence-electron chi connectivity index (χ3n) is 3.39. The van der Waals surface area contributed by atoms with E-state index >= 15 is 0 Å². The van der Waals surface area contributed by atoms with Crippen LogP contribution >= 0.6 is 0 Å². The molecule has 0 aromatic carbocycles. The number of rotatable bonds is 4. The Balaban J connectivity index is 1.92. The van der Waals surface area contributed by atoms with E-state index in [-0.39, 0.29) is 6.09 Å². The van der Waals surface area contributed by atoms with Crippen LogP contribution in [0.5, 0.6) is 0 Å². The zero-order chi connectivity index (χ0) is 13.7. The summed E-state index contributed by atoms with van der Waals surface area (Å²) < 4.78 is 7.20. The van der Waals surface area contributed by atoms with Gasteiger partial charge < -0.3 is 19.5 Å². The average Bonchev–Trinajstić information content (AvgIpc) is 2.88. The molecule has 106 valence electrons. The average molecular weight is 266 g/mol. The molecule has 1 aromatic heterocycles. The van der Waals surface area contributed by atoms with Crippen molar-refractivity contribution in [3.8, 4) is 0 Å². The first-order valence-corrected chi connectivity index (χ1v) is 6.94. The molecule has 6 heteroatoms. The van der Waals surface area contributed by atoms with E-state index in [9.17, 15) is 4.79 Å². The van der Waals surface area contributed by atoms with Gasteiger partial charge in [0.05, 0.1) is 6.61 Å². The Bertz CT molecular complexity index is 411. The number of anilines is 1. The zero-order valence-corrected chi connectivity index (χ0v) is 11.6. The van der Waals surface area contributed by atoms with Gasteiger partial charge in [-0.05, 0) is 26.7 Å². The molecule has 2 heterocycles. The van der Waals surface area contributed by atoms with Crippen LogP contribution in [-0.4, -0.2) is 46.8 Å². The maximum absolute atomic E-state index is 11.6. The fraction of sp³-hybridized carbons (Fsp3) is 0.692. The van der Waals surface area contributed by atoms with Crippen LogP contribution in [0.1, 0.15) is 32.7 Å².